The molecule has 0 unspecified atom stereocenters. The third kappa shape index (κ3) is 3.05. The Balaban J connectivity index is 2.65. The van der Waals surface area contributed by atoms with Crippen LogP contribution in [0.1, 0.15) is 67.7 Å². The van der Waals surface area contributed by atoms with Gasteiger partial charge in [0.2, 0.25) is 0 Å². The fraction of sp³-hybridized carbons (Fsp3) is 1.00. The van der Waals surface area contributed by atoms with E-state index in [0.29, 0.717) is 11.0 Å². The van der Waals surface area contributed by atoms with E-state index in [0.717, 1.165) is 11.8 Å². The molecule has 1 saturated heterocycles. The Morgan fingerprint density at radius 2 is 1.53 bits per heavy atom. The molecule has 1 heterocycles. The maximum Gasteiger partial charge on any atom is 0.0204 e. The standard InChI is InChI=1S/C16H33N/c1-8-15(4,5)16(6,7)17-11-9-14(10-12-17)13(2)3/h13-14H,8-12H2,1-7H3. The largest absolute Gasteiger partial charge is 0.298 e. The van der Waals surface area contributed by atoms with E-state index in [-0.39, 0.29) is 0 Å². The summed E-state index contributed by atoms with van der Waals surface area (Å²) in [6.07, 6.45) is 4.03. The van der Waals surface area contributed by atoms with Crippen LogP contribution in [0, 0.1) is 17.3 Å². The number of piperidine rings is 1. The molecule has 102 valence electrons. The van der Waals surface area contributed by atoms with Crippen LogP contribution < -0.4 is 0 Å². The molecule has 0 saturated carbocycles. The summed E-state index contributed by atoms with van der Waals surface area (Å²) in [6, 6.07) is 0. The van der Waals surface area contributed by atoms with Crippen LogP contribution in [0.25, 0.3) is 0 Å². The molecular weight excluding hydrogens is 206 g/mol. The zero-order valence-corrected chi connectivity index (χ0v) is 13.1. The van der Waals surface area contributed by atoms with Crippen molar-refractivity contribution in [2.24, 2.45) is 17.3 Å². The fourth-order valence-corrected chi connectivity index (χ4v) is 2.99. The molecule has 0 amide bonds. The van der Waals surface area contributed by atoms with Crippen LogP contribution in [-0.4, -0.2) is 23.5 Å². The van der Waals surface area contributed by atoms with E-state index >= 15 is 0 Å². The van der Waals surface area contributed by atoms with Crippen LogP contribution in [-0.2, 0) is 0 Å². The van der Waals surface area contributed by atoms with Crippen LogP contribution in [0.5, 0.6) is 0 Å². The Morgan fingerprint density at radius 3 is 1.88 bits per heavy atom. The molecule has 0 aromatic carbocycles. The quantitative estimate of drug-likeness (QED) is 0.694. The van der Waals surface area contributed by atoms with Crippen molar-refractivity contribution in [3.63, 3.8) is 0 Å². The average Bonchev–Trinajstić information content (AvgIpc) is 2.28. The third-order valence-electron chi connectivity index (χ3n) is 5.81. The van der Waals surface area contributed by atoms with Crippen molar-refractivity contribution in [2.45, 2.75) is 73.3 Å². The molecule has 0 radical (unpaired) electrons. The van der Waals surface area contributed by atoms with Gasteiger partial charge in [-0.2, -0.15) is 0 Å². The maximum atomic E-state index is 2.73. The van der Waals surface area contributed by atoms with Crippen LogP contribution in [0.4, 0.5) is 0 Å². The summed E-state index contributed by atoms with van der Waals surface area (Å²) in [5, 5.41) is 0. The molecule has 0 aromatic heterocycles. The van der Waals surface area contributed by atoms with Crippen LogP contribution >= 0.6 is 0 Å². The van der Waals surface area contributed by atoms with Crippen molar-refractivity contribution in [1.82, 2.24) is 4.90 Å². The lowest BCUT2D eigenvalue weighted by atomic mass is 9.70. The van der Waals surface area contributed by atoms with Gasteiger partial charge in [0.1, 0.15) is 0 Å². The Morgan fingerprint density at radius 1 is 1.06 bits per heavy atom. The summed E-state index contributed by atoms with van der Waals surface area (Å²) in [5.41, 5.74) is 0.724. The SMILES string of the molecule is CCC(C)(C)C(C)(C)N1CCC(C(C)C)CC1. The molecule has 1 rings (SSSR count). The van der Waals surface area contributed by atoms with Gasteiger partial charge in [-0.3, -0.25) is 4.90 Å². The highest BCUT2D eigenvalue weighted by atomic mass is 15.2. The van der Waals surface area contributed by atoms with Gasteiger partial charge in [0.05, 0.1) is 0 Å². The highest BCUT2D eigenvalue weighted by Gasteiger charge is 2.41. The molecule has 0 N–H and O–H groups in total. The molecular formula is C16H33N. The summed E-state index contributed by atoms with van der Waals surface area (Å²) >= 11 is 0. The van der Waals surface area contributed by atoms with Crippen molar-refractivity contribution in [2.75, 3.05) is 13.1 Å². The van der Waals surface area contributed by atoms with Crippen molar-refractivity contribution in [3.05, 3.63) is 0 Å². The Bertz CT molecular complexity index is 232. The van der Waals surface area contributed by atoms with E-state index in [1.165, 1.54) is 32.4 Å². The van der Waals surface area contributed by atoms with Gasteiger partial charge in [-0.1, -0.05) is 34.6 Å². The lowest BCUT2D eigenvalue weighted by Crippen LogP contribution is -2.56. The predicted molar refractivity (Wildman–Crippen MR) is 77.3 cm³/mol. The number of hydrogen-bond donors (Lipinski definition) is 0. The summed E-state index contributed by atoms with van der Waals surface area (Å²) < 4.78 is 0. The van der Waals surface area contributed by atoms with Crippen LogP contribution in [0.3, 0.4) is 0 Å². The minimum absolute atomic E-state index is 0.323. The monoisotopic (exact) mass is 239 g/mol. The fourth-order valence-electron chi connectivity index (χ4n) is 2.99. The molecule has 1 aliphatic heterocycles. The highest BCUT2D eigenvalue weighted by molar-refractivity contribution is 4.96. The smallest absolute Gasteiger partial charge is 0.0204 e. The van der Waals surface area contributed by atoms with E-state index in [9.17, 15) is 0 Å². The molecule has 1 aliphatic rings. The highest BCUT2D eigenvalue weighted by Crippen LogP contribution is 2.40. The number of likely N-dealkylation sites (tertiary alicyclic amines) is 1. The second kappa shape index (κ2) is 5.30. The van der Waals surface area contributed by atoms with Gasteiger partial charge in [0.15, 0.2) is 0 Å². The minimum Gasteiger partial charge on any atom is -0.298 e. The average molecular weight is 239 g/mol. The lowest BCUT2D eigenvalue weighted by molar-refractivity contribution is -0.0178. The van der Waals surface area contributed by atoms with Crippen LogP contribution in [0.15, 0.2) is 0 Å². The van der Waals surface area contributed by atoms with Gasteiger partial charge >= 0.3 is 0 Å². The first-order valence-electron chi connectivity index (χ1n) is 7.47. The summed E-state index contributed by atoms with van der Waals surface area (Å²) in [5.74, 6) is 1.81. The van der Waals surface area contributed by atoms with E-state index < -0.39 is 0 Å². The third-order valence-corrected chi connectivity index (χ3v) is 5.81. The molecule has 17 heavy (non-hydrogen) atoms. The zero-order valence-electron chi connectivity index (χ0n) is 13.1. The summed E-state index contributed by atoms with van der Waals surface area (Å²) in [7, 11) is 0. The van der Waals surface area contributed by atoms with E-state index in [2.05, 4.69) is 53.4 Å². The molecule has 1 heteroatoms. The Hall–Kier alpha value is -0.0400. The molecule has 0 aliphatic carbocycles. The van der Waals surface area contributed by atoms with Gasteiger partial charge in [-0.05, 0) is 63.5 Å². The van der Waals surface area contributed by atoms with Crippen molar-refractivity contribution < 1.29 is 0 Å². The summed E-state index contributed by atoms with van der Waals surface area (Å²) in [6.45, 7) is 19.4. The Labute approximate surface area is 109 Å². The first-order chi connectivity index (χ1) is 7.72. The molecule has 1 nitrogen and oxygen atoms in total. The molecule has 0 spiro atoms. The van der Waals surface area contributed by atoms with Crippen molar-refractivity contribution >= 4 is 0 Å². The van der Waals surface area contributed by atoms with Gasteiger partial charge < -0.3 is 0 Å². The molecule has 1 fully saturated rings. The van der Waals surface area contributed by atoms with Gasteiger partial charge in [-0.25, -0.2) is 0 Å². The normalized spacial score (nSPS) is 21.2. The lowest BCUT2D eigenvalue weighted by Gasteiger charge is -2.52. The Kier molecular flexibility index (Phi) is 4.68. The van der Waals surface area contributed by atoms with E-state index in [1.807, 2.05) is 0 Å². The second-order valence-electron chi connectivity index (χ2n) is 7.36. The number of hydrogen-bond acceptors (Lipinski definition) is 1. The van der Waals surface area contributed by atoms with Gasteiger partial charge in [0, 0.05) is 5.54 Å². The van der Waals surface area contributed by atoms with Gasteiger partial charge in [-0.15, -0.1) is 0 Å². The van der Waals surface area contributed by atoms with Gasteiger partial charge in [0.25, 0.3) is 0 Å². The first-order valence-corrected chi connectivity index (χ1v) is 7.47. The second-order valence-corrected chi connectivity index (χ2v) is 7.36. The molecule has 0 bridgehead atoms. The topological polar surface area (TPSA) is 3.24 Å². The van der Waals surface area contributed by atoms with E-state index in [1.54, 1.807) is 0 Å². The number of rotatable bonds is 4. The van der Waals surface area contributed by atoms with E-state index in [4.69, 9.17) is 0 Å². The van der Waals surface area contributed by atoms with Crippen molar-refractivity contribution in [3.8, 4) is 0 Å². The maximum absolute atomic E-state index is 2.73. The molecule has 0 atom stereocenters. The van der Waals surface area contributed by atoms with Crippen molar-refractivity contribution in [1.29, 1.82) is 0 Å². The zero-order chi connectivity index (χ0) is 13.3. The minimum atomic E-state index is 0.323. The predicted octanol–water partition coefficient (Wildman–Crippen LogP) is 4.57. The first kappa shape index (κ1) is 15.0. The number of nitrogens with zero attached hydrogens (tertiary/aromatic N) is 1. The summed E-state index contributed by atoms with van der Waals surface area (Å²) in [4.78, 5) is 2.73. The molecule has 0 aromatic rings. The van der Waals surface area contributed by atoms with Crippen LogP contribution in [0.2, 0.25) is 0 Å².